The summed E-state index contributed by atoms with van der Waals surface area (Å²) in [6, 6.07) is 8.06. The van der Waals surface area contributed by atoms with Gasteiger partial charge in [-0.05, 0) is 30.7 Å². The van der Waals surface area contributed by atoms with Gasteiger partial charge >= 0.3 is 0 Å². The Kier molecular flexibility index (Phi) is 6.98. The maximum absolute atomic E-state index is 5.61. The molecule has 0 radical (unpaired) electrons. The van der Waals surface area contributed by atoms with E-state index in [0.29, 0.717) is 0 Å². The maximum atomic E-state index is 5.61. The van der Waals surface area contributed by atoms with E-state index in [-0.39, 0.29) is 12.4 Å². The molecule has 0 spiro atoms. The molecule has 1 aliphatic rings. The van der Waals surface area contributed by atoms with Crippen molar-refractivity contribution in [1.29, 1.82) is 0 Å². The third-order valence-electron chi connectivity index (χ3n) is 2.46. The molecule has 0 aliphatic carbocycles. The zero-order valence-corrected chi connectivity index (χ0v) is 12.1. The number of halogens is 1. The molecule has 100 valence electrons. The number of benzene rings is 1. The molecule has 5 heteroatoms. The topological polar surface area (TPSA) is 33.6 Å². The summed E-state index contributed by atoms with van der Waals surface area (Å²) >= 11 is 1.77. The first-order valence-electron chi connectivity index (χ1n) is 6.05. The molecule has 0 amide bonds. The Bertz CT molecular complexity index is 381. The lowest BCUT2D eigenvalue weighted by Crippen LogP contribution is -2.04. The first-order valence-corrected chi connectivity index (χ1v) is 7.04. The van der Waals surface area contributed by atoms with Gasteiger partial charge in [0.1, 0.15) is 5.75 Å². The van der Waals surface area contributed by atoms with Crippen LogP contribution in [0.4, 0.5) is 5.69 Å². The number of unbranched alkanes of at least 4 members (excludes halogenated alkanes) is 1. The highest BCUT2D eigenvalue weighted by Gasteiger charge is 2.06. The van der Waals surface area contributed by atoms with Crippen molar-refractivity contribution in [2.24, 2.45) is 4.99 Å². The first kappa shape index (κ1) is 15.2. The number of thioether (sulfide) groups is 1. The molecule has 3 nitrogen and oxygen atoms in total. The minimum Gasteiger partial charge on any atom is -0.494 e. The number of nitrogens with zero attached hydrogens (tertiary/aromatic N) is 1. The van der Waals surface area contributed by atoms with Gasteiger partial charge in [-0.25, -0.2) is 0 Å². The third-order valence-corrected chi connectivity index (χ3v) is 3.35. The smallest absolute Gasteiger partial charge is 0.161 e. The molecule has 18 heavy (non-hydrogen) atoms. The summed E-state index contributed by atoms with van der Waals surface area (Å²) in [5.74, 6) is 2.02. The van der Waals surface area contributed by atoms with E-state index >= 15 is 0 Å². The van der Waals surface area contributed by atoms with Gasteiger partial charge < -0.3 is 10.1 Å². The van der Waals surface area contributed by atoms with E-state index in [1.165, 1.54) is 0 Å². The zero-order valence-electron chi connectivity index (χ0n) is 10.5. The second-order valence-corrected chi connectivity index (χ2v) is 4.97. The number of hydrogen-bond acceptors (Lipinski definition) is 4. The molecular formula is C13H19ClN2OS. The highest BCUT2D eigenvalue weighted by molar-refractivity contribution is 8.14. The quantitative estimate of drug-likeness (QED) is 0.836. The van der Waals surface area contributed by atoms with Gasteiger partial charge in [0, 0.05) is 11.4 Å². The number of anilines is 1. The van der Waals surface area contributed by atoms with Crippen molar-refractivity contribution in [2.75, 3.05) is 24.2 Å². The van der Waals surface area contributed by atoms with Crippen molar-refractivity contribution < 1.29 is 4.74 Å². The Morgan fingerprint density at radius 2 is 2.11 bits per heavy atom. The normalized spacial score (nSPS) is 13.7. The van der Waals surface area contributed by atoms with Crippen molar-refractivity contribution in [3.8, 4) is 5.75 Å². The fourth-order valence-corrected chi connectivity index (χ4v) is 2.25. The highest BCUT2D eigenvalue weighted by atomic mass is 35.5. The van der Waals surface area contributed by atoms with Gasteiger partial charge in [-0.2, -0.15) is 0 Å². The lowest BCUT2D eigenvalue weighted by Gasteiger charge is -2.08. The number of rotatable bonds is 5. The van der Waals surface area contributed by atoms with E-state index in [9.17, 15) is 0 Å². The number of aliphatic imine (C=N–C) groups is 1. The standard InChI is InChI=1S/C13H18N2OS.ClH/c1-2-3-9-16-12-6-4-11(5-7-12)15-13-14-8-10-17-13;/h4-7H,2-3,8-10H2,1H3,(H,14,15);1H. The number of hydrogen-bond donors (Lipinski definition) is 1. The minimum absolute atomic E-state index is 0. The Hall–Kier alpha value is -0.870. The molecular weight excluding hydrogens is 268 g/mol. The fraction of sp³-hybridized carbons (Fsp3) is 0.462. The van der Waals surface area contributed by atoms with Crippen LogP contribution in [0.1, 0.15) is 19.8 Å². The van der Waals surface area contributed by atoms with E-state index in [0.717, 1.165) is 48.4 Å². The van der Waals surface area contributed by atoms with Crippen LogP contribution < -0.4 is 10.1 Å². The van der Waals surface area contributed by atoms with Gasteiger partial charge in [-0.3, -0.25) is 4.99 Å². The Morgan fingerprint density at radius 1 is 1.33 bits per heavy atom. The van der Waals surface area contributed by atoms with E-state index in [1.807, 2.05) is 24.3 Å². The SMILES string of the molecule is CCCCOc1ccc(NC2=NCCS2)cc1.Cl. The molecule has 1 aromatic rings. The van der Waals surface area contributed by atoms with Crippen molar-refractivity contribution in [1.82, 2.24) is 0 Å². The van der Waals surface area contributed by atoms with E-state index in [2.05, 4.69) is 17.2 Å². The predicted octanol–water partition coefficient (Wildman–Crippen LogP) is 3.80. The monoisotopic (exact) mass is 286 g/mol. The van der Waals surface area contributed by atoms with Crippen molar-refractivity contribution in [3.05, 3.63) is 24.3 Å². The summed E-state index contributed by atoms with van der Waals surface area (Å²) in [5.41, 5.74) is 1.07. The second kappa shape index (κ2) is 8.27. The molecule has 1 aromatic carbocycles. The summed E-state index contributed by atoms with van der Waals surface area (Å²) in [6.07, 6.45) is 2.27. The van der Waals surface area contributed by atoms with Gasteiger partial charge in [0.05, 0.1) is 13.2 Å². The average Bonchev–Trinajstić information content (AvgIpc) is 2.85. The number of nitrogens with one attached hydrogen (secondary N) is 1. The number of ether oxygens (including phenoxy) is 1. The molecule has 0 bridgehead atoms. The van der Waals surface area contributed by atoms with Crippen molar-refractivity contribution in [3.63, 3.8) is 0 Å². The molecule has 1 heterocycles. The lowest BCUT2D eigenvalue weighted by atomic mass is 10.3. The number of amidine groups is 1. The summed E-state index contributed by atoms with van der Waals surface area (Å²) in [7, 11) is 0. The van der Waals surface area contributed by atoms with Crippen molar-refractivity contribution in [2.45, 2.75) is 19.8 Å². The molecule has 0 aromatic heterocycles. The van der Waals surface area contributed by atoms with Crippen LogP contribution in [0, 0.1) is 0 Å². The van der Waals surface area contributed by atoms with Gasteiger partial charge in [0.15, 0.2) is 5.17 Å². The Balaban J connectivity index is 0.00000162. The van der Waals surface area contributed by atoms with Crippen LogP contribution >= 0.6 is 24.2 Å². The minimum atomic E-state index is 0. The van der Waals surface area contributed by atoms with Crippen LogP contribution in [0.2, 0.25) is 0 Å². The highest BCUT2D eigenvalue weighted by Crippen LogP contribution is 2.19. The molecule has 0 saturated carbocycles. The van der Waals surface area contributed by atoms with Gasteiger partial charge in [-0.1, -0.05) is 25.1 Å². The van der Waals surface area contributed by atoms with Crippen LogP contribution in [0.3, 0.4) is 0 Å². The van der Waals surface area contributed by atoms with Crippen LogP contribution in [0.25, 0.3) is 0 Å². The van der Waals surface area contributed by atoms with Gasteiger partial charge in [0.2, 0.25) is 0 Å². The van der Waals surface area contributed by atoms with E-state index in [4.69, 9.17) is 4.74 Å². The summed E-state index contributed by atoms with van der Waals surface area (Å²) < 4.78 is 5.61. The molecule has 0 unspecified atom stereocenters. The predicted molar refractivity (Wildman–Crippen MR) is 82.5 cm³/mol. The molecule has 1 aliphatic heterocycles. The van der Waals surface area contributed by atoms with Crippen LogP contribution in [0.15, 0.2) is 29.3 Å². The van der Waals surface area contributed by atoms with Crippen LogP contribution in [-0.4, -0.2) is 24.1 Å². The Morgan fingerprint density at radius 3 is 2.72 bits per heavy atom. The van der Waals surface area contributed by atoms with Crippen LogP contribution in [0.5, 0.6) is 5.75 Å². The summed E-state index contributed by atoms with van der Waals surface area (Å²) in [6.45, 7) is 3.88. The third kappa shape index (κ3) is 4.78. The zero-order chi connectivity index (χ0) is 11.9. The molecule has 2 rings (SSSR count). The van der Waals surface area contributed by atoms with E-state index < -0.39 is 0 Å². The molecule has 0 fully saturated rings. The Labute approximate surface area is 119 Å². The maximum Gasteiger partial charge on any atom is 0.161 e. The fourth-order valence-electron chi connectivity index (χ4n) is 1.50. The summed E-state index contributed by atoms with van der Waals surface area (Å²) in [5, 5.41) is 4.31. The van der Waals surface area contributed by atoms with Gasteiger partial charge in [0.25, 0.3) is 0 Å². The van der Waals surface area contributed by atoms with Crippen LogP contribution in [-0.2, 0) is 0 Å². The first-order chi connectivity index (χ1) is 8.38. The van der Waals surface area contributed by atoms with E-state index in [1.54, 1.807) is 11.8 Å². The largest absolute Gasteiger partial charge is 0.494 e. The summed E-state index contributed by atoms with van der Waals surface area (Å²) in [4.78, 5) is 4.35. The van der Waals surface area contributed by atoms with Gasteiger partial charge in [-0.15, -0.1) is 12.4 Å². The molecule has 1 N–H and O–H groups in total. The average molecular weight is 287 g/mol. The lowest BCUT2D eigenvalue weighted by molar-refractivity contribution is 0.309. The molecule has 0 saturated heterocycles. The molecule has 0 atom stereocenters. The second-order valence-electron chi connectivity index (χ2n) is 3.89. The van der Waals surface area contributed by atoms with Crippen molar-refractivity contribution >= 4 is 35.0 Å².